The van der Waals surface area contributed by atoms with Gasteiger partial charge in [-0.2, -0.15) is 5.10 Å². The molecule has 140 valence electrons. The molecule has 0 aliphatic heterocycles. The van der Waals surface area contributed by atoms with Crippen LogP contribution in [-0.4, -0.2) is 37.8 Å². The van der Waals surface area contributed by atoms with Crippen LogP contribution >= 0.6 is 0 Å². The van der Waals surface area contributed by atoms with Gasteiger partial charge >= 0.3 is 0 Å². The Balaban J connectivity index is 1.73. The summed E-state index contributed by atoms with van der Waals surface area (Å²) in [5, 5.41) is 24.9. The highest BCUT2D eigenvalue weighted by Crippen LogP contribution is 2.23. The number of aliphatic hydroxyl groups is 1. The number of hydrogen-bond donors (Lipinski definition) is 5. The predicted molar refractivity (Wildman–Crippen MR) is 103 cm³/mol. The molecule has 0 fully saturated rings. The number of benzene rings is 1. The molecule has 2 heterocycles. The van der Waals surface area contributed by atoms with E-state index in [4.69, 9.17) is 5.11 Å². The van der Waals surface area contributed by atoms with Crippen LogP contribution in [0.5, 0.6) is 0 Å². The lowest BCUT2D eigenvalue weighted by molar-refractivity contribution is -0.116. The maximum Gasteiger partial charge on any atom is 0.226 e. The van der Waals surface area contributed by atoms with Crippen molar-refractivity contribution in [3.8, 4) is 0 Å². The minimum absolute atomic E-state index is 0.0585. The molecule has 0 unspecified atom stereocenters. The molecule has 0 aliphatic carbocycles. The van der Waals surface area contributed by atoms with Gasteiger partial charge in [0.25, 0.3) is 0 Å². The van der Waals surface area contributed by atoms with Gasteiger partial charge in [-0.3, -0.25) is 14.9 Å². The molecule has 2 aromatic heterocycles. The van der Waals surface area contributed by atoms with Gasteiger partial charge in [-0.05, 0) is 31.5 Å². The van der Waals surface area contributed by atoms with Crippen molar-refractivity contribution < 1.29 is 9.90 Å². The van der Waals surface area contributed by atoms with Crippen molar-refractivity contribution in [1.29, 1.82) is 0 Å². The van der Waals surface area contributed by atoms with Crippen molar-refractivity contribution >= 4 is 34.7 Å². The van der Waals surface area contributed by atoms with Crippen LogP contribution in [0.3, 0.4) is 0 Å². The third-order valence-corrected chi connectivity index (χ3v) is 3.72. The lowest BCUT2D eigenvalue weighted by Crippen LogP contribution is -2.13. The number of amides is 1. The van der Waals surface area contributed by atoms with E-state index in [9.17, 15) is 4.79 Å². The van der Waals surface area contributed by atoms with Gasteiger partial charge in [0.15, 0.2) is 17.5 Å². The number of aryl methyl sites for hydroxylation is 2. The van der Waals surface area contributed by atoms with Crippen molar-refractivity contribution in [2.24, 2.45) is 0 Å². The lowest BCUT2D eigenvalue weighted by atomic mass is 10.1. The number of anilines is 5. The molecule has 1 aromatic carbocycles. The first-order valence-electron chi connectivity index (χ1n) is 8.43. The van der Waals surface area contributed by atoms with E-state index in [-0.39, 0.29) is 18.9 Å². The molecule has 27 heavy (non-hydrogen) atoms. The summed E-state index contributed by atoms with van der Waals surface area (Å²) in [4.78, 5) is 20.4. The van der Waals surface area contributed by atoms with Crippen LogP contribution in [0, 0.1) is 13.8 Å². The third-order valence-electron chi connectivity index (χ3n) is 3.72. The number of aromatic amines is 1. The Bertz CT molecular complexity index is 939. The van der Waals surface area contributed by atoms with Crippen molar-refractivity contribution in [1.82, 2.24) is 20.2 Å². The Morgan fingerprint density at radius 3 is 2.59 bits per heavy atom. The normalized spacial score (nSPS) is 10.5. The van der Waals surface area contributed by atoms with Gasteiger partial charge in [0, 0.05) is 23.1 Å². The Morgan fingerprint density at radius 2 is 1.89 bits per heavy atom. The van der Waals surface area contributed by atoms with Crippen LogP contribution in [0.4, 0.5) is 28.8 Å². The van der Waals surface area contributed by atoms with Gasteiger partial charge in [-0.1, -0.05) is 6.07 Å². The second kappa shape index (κ2) is 8.28. The number of hydrogen-bond acceptors (Lipinski definition) is 7. The van der Waals surface area contributed by atoms with Crippen LogP contribution in [0.2, 0.25) is 0 Å². The molecule has 0 bridgehead atoms. The maximum absolute atomic E-state index is 11.7. The van der Waals surface area contributed by atoms with E-state index in [0.717, 1.165) is 16.9 Å². The molecule has 0 saturated heterocycles. The quantitative estimate of drug-likeness (QED) is 0.434. The molecular formula is C18H21N7O2. The molecule has 1 amide bonds. The summed E-state index contributed by atoms with van der Waals surface area (Å²) >= 11 is 0. The van der Waals surface area contributed by atoms with Crippen LogP contribution in [0.1, 0.15) is 17.7 Å². The largest absolute Gasteiger partial charge is 0.396 e. The number of rotatable bonds is 7. The minimum Gasteiger partial charge on any atom is -0.396 e. The first-order valence-corrected chi connectivity index (χ1v) is 8.43. The molecule has 9 nitrogen and oxygen atoms in total. The van der Waals surface area contributed by atoms with E-state index in [1.807, 2.05) is 38.1 Å². The SMILES string of the molecule is Cc1cc(Nc2cncc(Nc3ccc(C)c(NC(=O)CCO)c3)n2)n[nH]1. The highest BCUT2D eigenvalue weighted by atomic mass is 16.3. The van der Waals surface area contributed by atoms with E-state index >= 15 is 0 Å². The molecule has 0 atom stereocenters. The van der Waals surface area contributed by atoms with Crippen LogP contribution in [-0.2, 0) is 4.79 Å². The van der Waals surface area contributed by atoms with E-state index in [2.05, 4.69) is 36.1 Å². The molecule has 9 heteroatoms. The molecule has 3 aromatic rings. The van der Waals surface area contributed by atoms with Crippen LogP contribution in [0.25, 0.3) is 0 Å². The molecule has 0 aliphatic rings. The van der Waals surface area contributed by atoms with Gasteiger partial charge in [0.05, 0.1) is 25.4 Å². The molecule has 0 radical (unpaired) electrons. The summed E-state index contributed by atoms with van der Waals surface area (Å²) in [7, 11) is 0. The van der Waals surface area contributed by atoms with Crippen molar-refractivity contribution in [2.75, 3.05) is 22.6 Å². The van der Waals surface area contributed by atoms with Crippen molar-refractivity contribution in [3.63, 3.8) is 0 Å². The van der Waals surface area contributed by atoms with Crippen LogP contribution in [0.15, 0.2) is 36.7 Å². The van der Waals surface area contributed by atoms with Crippen molar-refractivity contribution in [2.45, 2.75) is 20.3 Å². The summed E-state index contributed by atoms with van der Waals surface area (Å²) < 4.78 is 0. The lowest BCUT2D eigenvalue weighted by Gasteiger charge is -2.12. The molecule has 5 N–H and O–H groups in total. The highest BCUT2D eigenvalue weighted by molar-refractivity contribution is 5.92. The summed E-state index contributed by atoms with van der Waals surface area (Å²) in [6.45, 7) is 3.62. The smallest absolute Gasteiger partial charge is 0.226 e. The average molecular weight is 367 g/mol. The number of aliphatic hydroxyl groups excluding tert-OH is 1. The number of aromatic nitrogens is 4. The zero-order valence-corrected chi connectivity index (χ0v) is 15.1. The number of nitrogens with zero attached hydrogens (tertiary/aromatic N) is 3. The molecular weight excluding hydrogens is 346 g/mol. The van der Waals surface area contributed by atoms with Gasteiger partial charge in [-0.15, -0.1) is 0 Å². The zero-order chi connectivity index (χ0) is 19.2. The van der Waals surface area contributed by atoms with E-state index in [1.54, 1.807) is 12.4 Å². The molecule has 0 spiro atoms. The molecule has 0 saturated carbocycles. The zero-order valence-electron chi connectivity index (χ0n) is 15.1. The second-order valence-electron chi connectivity index (χ2n) is 6.03. The topological polar surface area (TPSA) is 128 Å². The Labute approximate surface area is 156 Å². The summed E-state index contributed by atoms with van der Waals surface area (Å²) in [5.41, 5.74) is 3.28. The fourth-order valence-electron chi connectivity index (χ4n) is 2.40. The van der Waals surface area contributed by atoms with Gasteiger partial charge in [0.1, 0.15) is 0 Å². The Hall–Kier alpha value is -3.46. The standard InChI is InChI=1S/C18H21N7O2/c1-11-3-4-13(8-14(11)21-18(27)5-6-26)20-16-9-19-10-17(23-16)22-15-7-12(2)24-25-15/h3-4,7-10,26H,5-6H2,1-2H3,(H,21,27)(H3,20,22,23,24,25). The fraction of sp³-hybridized carbons (Fsp3) is 0.222. The average Bonchev–Trinajstić information content (AvgIpc) is 3.03. The van der Waals surface area contributed by atoms with Gasteiger partial charge < -0.3 is 21.1 Å². The second-order valence-corrected chi connectivity index (χ2v) is 6.03. The van der Waals surface area contributed by atoms with Crippen molar-refractivity contribution in [3.05, 3.63) is 47.9 Å². The summed E-state index contributed by atoms with van der Waals surface area (Å²) in [5.74, 6) is 1.51. The highest BCUT2D eigenvalue weighted by Gasteiger charge is 2.07. The number of nitrogens with one attached hydrogen (secondary N) is 4. The first kappa shape index (κ1) is 18.3. The number of carbonyl (C=O) groups excluding carboxylic acids is 1. The maximum atomic E-state index is 11.7. The van der Waals surface area contributed by atoms with Gasteiger partial charge in [0.2, 0.25) is 5.91 Å². The number of H-pyrrole nitrogens is 1. The van der Waals surface area contributed by atoms with E-state index in [1.165, 1.54) is 0 Å². The monoisotopic (exact) mass is 367 g/mol. The molecule has 3 rings (SSSR count). The van der Waals surface area contributed by atoms with Gasteiger partial charge in [-0.25, -0.2) is 4.98 Å². The summed E-state index contributed by atoms with van der Waals surface area (Å²) in [6, 6.07) is 7.45. The third kappa shape index (κ3) is 5.02. The fourth-order valence-corrected chi connectivity index (χ4v) is 2.40. The van der Waals surface area contributed by atoms with E-state index in [0.29, 0.717) is 23.1 Å². The number of carbonyl (C=O) groups is 1. The van der Waals surface area contributed by atoms with Crippen LogP contribution < -0.4 is 16.0 Å². The Kier molecular flexibility index (Phi) is 5.62. The minimum atomic E-state index is -0.238. The Morgan fingerprint density at radius 1 is 1.11 bits per heavy atom. The van der Waals surface area contributed by atoms with E-state index < -0.39 is 0 Å². The predicted octanol–water partition coefficient (Wildman–Crippen LogP) is 2.62. The summed E-state index contributed by atoms with van der Waals surface area (Å²) in [6.07, 6.45) is 3.26. The first-order chi connectivity index (χ1) is 13.0.